The Hall–Kier alpha value is -3.22. The Labute approximate surface area is 151 Å². The lowest BCUT2D eigenvalue weighted by Crippen LogP contribution is -2.30. The Kier molecular flexibility index (Phi) is 4.97. The van der Waals surface area contributed by atoms with Crippen LogP contribution in [0.15, 0.2) is 47.4 Å². The van der Waals surface area contributed by atoms with Crippen LogP contribution in [0.2, 0.25) is 0 Å². The third kappa shape index (κ3) is 3.42. The van der Waals surface area contributed by atoms with Crippen molar-refractivity contribution in [3.05, 3.63) is 64.2 Å². The highest BCUT2D eigenvalue weighted by molar-refractivity contribution is 6.04. The molecule has 2 heterocycles. The number of rotatable bonds is 5. The van der Waals surface area contributed by atoms with Crippen LogP contribution in [0.1, 0.15) is 23.0 Å². The molecular formula is C19H21N5O2. The second-order valence-corrected chi connectivity index (χ2v) is 6.12. The molecule has 0 atom stereocenters. The van der Waals surface area contributed by atoms with Gasteiger partial charge in [-0.3, -0.25) is 9.59 Å². The summed E-state index contributed by atoms with van der Waals surface area (Å²) in [6.07, 6.45) is 1.73. The van der Waals surface area contributed by atoms with Gasteiger partial charge in [0.1, 0.15) is 5.82 Å². The number of carbonyl (C=O) groups excluding carboxylic acids is 1. The number of benzene rings is 1. The Bertz CT molecular complexity index is 993. The zero-order chi connectivity index (χ0) is 18.7. The molecule has 0 aliphatic carbocycles. The summed E-state index contributed by atoms with van der Waals surface area (Å²) in [5.41, 5.74) is 0.945. The van der Waals surface area contributed by atoms with E-state index in [4.69, 9.17) is 0 Å². The summed E-state index contributed by atoms with van der Waals surface area (Å²) in [4.78, 5) is 31.3. The molecule has 3 aromatic rings. The van der Waals surface area contributed by atoms with Gasteiger partial charge in [-0.1, -0.05) is 24.3 Å². The highest BCUT2D eigenvalue weighted by Crippen LogP contribution is 2.14. The summed E-state index contributed by atoms with van der Waals surface area (Å²) in [6.45, 7) is 2.56. The van der Waals surface area contributed by atoms with Crippen LogP contribution in [0.4, 0.5) is 5.82 Å². The van der Waals surface area contributed by atoms with E-state index < -0.39 is 0 Å². The SMILES string of the molecule is CCn1nc(C(=O)NCc2ccc(N(C)C)nc2)c2ccccc2c1=O. The van der Waals surface area contributed by atoms with Crippen molar-refractivity contribution < 1.29 is 4.79 Å². The molecular weight excluding hydrogens is 330 g/mol. The van der Waals surface area contributed by atoms with E-state index in [9.17, 15) is 9.59 Å². The molecule has 26 heavy (non-hydrogen) atoms. The molecule has 0 aliphatic heterocycles. The van der Waals surface area contributed by atoms with Crippen molar-refractivity contribution in [1.82, 2.24) is 20.1 Å². The fraction of sp³-hybridized carbons (Fsp3) is 0.263. The van der Waals surface area contributed by atoms with Gasteiger partial charge in [-0.15, -0.1) is 0 Å². The molecule has 1 N–H and O–H groups in total. The van der Waals surface area contributed by atoms with Crippen LogP contribution in [-0.2, 0) is 13.1 Å². The normalized spacial score (nSPS) is 10.7. The smallest absolute Gasteiger partial charge is 0.274 e. The van der Waals surface area contributed by atoms with Crippen molar-refractivity contribution in [3.8, 4) is 0 Å². The van der Waals surface area contributed by atoms with Gasteiger partial charge < -0.3 is 10.2 Å². The van der Waals surface area contributed by atoms with E-state index in [1.807, 2.05) is 38.1 Å². The van der Waals surface area contributed by atoms with Crippen LogP contribution in [0.25, 0.3) is 10.8 Å². The Morgan fingerprint density at radius 1 is 1.15 bits per heavy atom. The fourth-order valence-corrected chi connectivity index (χ4v) is 2.67. The van der Waals surface area contributed by atoms with Gasteiger partial charge in [-0.25, -0.2) is 9.67 Å². The number of anilines is 1. The topological polar surface area (TPSA) is 80.1 Å². The molecule has 1 aromatic carbocycles. The van der Waals surface area contributed by atoms with Crippen molar-refractivity contribution in [2.24, 2.45) is 0 Å². The van der Waals surface area contributed by atoms with Crippen molar-refractivity contribution in [1.29, 1.82) is 0 Å². The number of aryl methyl sites for hydroxylation is 1. The Morgan fingerprint density at radius 2 is 1.88 bits per heavy atom. The van der Waals surface area contributed by atoms with E-state index in [0.29, 0.717) is 23.9 Å². The molecule has 0 aliphatic rings. The van der Waals surface area contributed by atoms with Gasteiger partial charge in [0.05, 0.1) is 5.39 Å². The number of amides is 1. The fourth-order valence-electron chi connectivity index (χ4n) is 2.67. The van der Waals surface area contributed by atoms with E-state index in [0.717, 1.165) is 11.4 Å². The zero-order valence-electron chi connectivity index (χ0n) is 15.1. The first-order valence-electron chi connectivity index (χ1n) is 8.41. The van der Waals surface area contributed by atoms with Gasteiger partial charge in [0.25, 0.3) is 11.5 Å². The second kappa shape index (κ2) is 7.35. The average molecular weight is 351 g/mol. The Morgan fingerprint density at radius 3 is 2.50 bits per heavy atom. The number of hydrogen-bond donors (Lipinski definition) is 1. The van der Waals surface area contributed by atoms with E-state index in [1.165, 1.54) is 4.68 Å². The van der Waals surface area contributed by atoms with E-state index in [1.54, 1.807) is 30.5 Å². The predicted molar refractivity (Wildman–Crippen MR) is 101 cm³/mol. The lowest BCUT2D eigenvalue weighted by Gasteiger charge is -2.12. The first-order chi connectivity index (χ1) is 12.5. The molecule has 0 unspecified atom stereocenters. The first kappa shape index (κ1) is 17.6. The van der Waals surface area contributed by atoms with Crippen LogP contribution >= 0.6 is 0 Å². The summed E-state index contributed by atoms with van der Waals surface area (Å²) in [7, 11) is 3.84. The minimum Gasteiger partial charge on any atom is -0.363 e. The molecule has 0 bridgehead atoms. The van der Waals surface area contributed by atoms with Gasteiger partial charge in [0, 0.05) is 38.8 Å². The maximum Gasteiger partial charge on any atom is 0.274 e. The zero-order valence-corrected chi connectivity index (χ0v) is 15.1. The molecule has 2 aromatic heterocycles. The number of carbonyl (C=O) groups is 1. The highest BCUT2D eigenvalue weighted by Gasteiger charge is 2.16. The monoisotopic (exact) mass is 351 g/mol. The van der Waals surface area contributed by atoms with Crippen molar-refractivity contribution in [2.45, 2.75) is 20.0 Å². The molecule has 0 spiro atoms. The Balaban J connectivity index is 1.86. The van der Waals surface area contributed by atoms with Gasteiger partial charge in [0.15, 0.2) is 5.69 Å². The lowest BCUT2D eigenvalue weighted by atomic mass is 10.1. The van der Waals surface area contributed by atoms with Gasteiger partial charge in [-0.05, 0) is 24.6 Å². The predicted octanol–water partition coefficient (Wildman–Crippen LogP) is 1.81. The molecule has 0 fully saturated rings. The largest absolute Gasteiger partial charge is 0.363 e. The lowest BCUT2D eigenvalue weighted by molar-refractivity contribution is 0.0945. The molecule has 7 heteroatoms. The molecule has 0 radical (unpaired) electrons. The maximum atomic E-state index is 12.7. The summed E-state index contributed by atoms with van der Waals surface area (Å²) in [5.74, 6) is 0.530. The molecule has 0 saturated heterocycles. The third-order valence-electron chi connectivity index (χ3n) is 4.10. The summed E-state index contributed by atoms with van der Waals surface area (Å²) >= 11 is 0. The number of nitrogens with one attached hydrogen (secondary N) is 1. The number of fused-ring (bicyclic) bond motifs is 1. The molecule has 0 saturated carbocycles. The van der Waals surface area contributed by atoms with Crippen LogP contribution in [-0.4, -0.2) is 34.8 Å². The molecule has 7 nitrogen and oxygen atoms in total. The summed E-state index contributed by atoms with van der Waals surface area (Å²) < 4.78 is 1.31. The minimum absolute atomic E-state index is 0.192. The number of aromatic nitrogens is 3. The molecule has 3 rings (SSSR count). The quantitative estimate of drug-likeness (QED) is 0.758. The summed E-state index contributed by atoms with van der Waals surface area (Å²) in [5, 5.41) is 8.14. The van der Waals surface area contributed by atoms with Crippen molar-refractivity contribution in [3.63, 3.8) is 0 Å². The van der Waals surface area contributed by atoms with Crippen LogP contribution in [0.3, 0.4) is 0 Å². The standard InChI is InChI=1S/C19H21N5O2/c1-4-24-19(26)15-8-6-5-7-14(15)17(22-24)18(25)21-12-13-9-10-16(20-11-13)23(2)3/h5-11H,4,12H2,1-3H3,(H,21,25). The molecule has 1 amide bonds. The maximum absolute atomic E-state index is 12.7. The van der Waals surface area contributed by atoms with Gasteiger partial charge in [0.2, 0.25) is 0 Å². The van der Waals surface area contributed by atoms with Crippen LogP contribution in [0.5, 0.6) is 0 Å². The summed E-state index contributed by atoms with van der Waals surface area (Å²) in [6, 6.07) is 10.8. The van der Waals surface area contributed by atoms with E-state index >= 15 is 0 Å². The highest BCUT2D eigenvalue weighted by atomic mass is 16.2. The van der Waals surface area contributed by atoms with E-state index in [2.05, 4.69) is 15.4 Å². The third-order valence-corrected chi connectivity index (χ3v) is 4.10. The van der Waals surface area contributed by atoms with Gasteiger partial charge >= 0.3 is 0 Å². The minimum atomic E-state index is -0.319. The first-order valence-corrected chi connectivity index (χ1v) is 8.41. The van der Waals surface area contributed by atoms with Gasteiger partial charge in [-0.2, -0.15) is 5.10 Å². The second-order valence-electron chi connectivity index (χ2n) is 6.12. The number of pyridine rings is 1. The molecule has 134 valence electrons. The average Bonchev–Trinajstić information content (AvgIpc) is 2.67. The van der Waals surface area contributed by atoms with Crippen molar-refractivity contribution >= 4 is 22.5 Å². The van der Waals surface area contributed by atoms with E-state index in [-0.39, 0.29) is 17.2 Å². The van der Waals surface area contributed by atoms with Crippen LogP contribution in [0, 0.1) is 0 Å². The number of nitrogens with zero attached hydrogens (tertiary/aromatic N) is 4. The van der Waals surface area contributed by atoms with Crippen LogP contribution < -0.4 is 15.8 Å². The number of hydrogen-bond acceptors (Lipinski definition) is 5. The van der Waals surface area contributed by atoms with Crippen molar-refractivity contribution in [2.75, 3.05) is 19.0 Å².